The zero-order valence-corrected chi connectivity index (χ0v) is 14.3. The molecule has 4 rings (SSSR count). The summed E-state index contributed by atoms with van der Waals surface area (Å²) in [5, 5.41) is 14.5. The first-order valence-corrected chi connectivity index (χ1v) is 8.61. The Hall–Kier alpha value is -2.32. The highest BCUT2D eigenvalue weighted by Crippen LogP contribution is 2.38. The molecule has 0 saturated carbocycles. The average molecular weight is 364 g/mol. The van der Waals surface area contributed by atoms with Crippen LogP contribution in [0, 0.1) is 0 Å². The molecule has 1 amide bonds. The smallest absolute Gasteiger partial charge is 0.277 e. The van der Waals surface area contributed by atoms with Gasteiger partial charge in [-0.1, -0.05) is 16.8 Å². The first kappa shape index (κ1) is 16.2. The summed E-state index contributed by atoms with van der Waals surface area (Å²) in [4.78, 5) is 12.5. The van der Waals surface area contributed by atoms with Crippen LogP contribution in [-0.2, 0) is 0 Å². The molecule has 0 aliphatic carbocycles. The molecule has 2 aliphatic heterocycles. The Morgan fingerprint density at radius 3 is 2.72 bits per heavy atom. The van der Waals surface area contributed by atoms with Crippen molar-refractivity contribution >= 4 is 23.2 Å². The maximum Gasteiger partial charge on any atom is 0.277 e. The van der Waals surface area contributed by atoms with Crippen molar-refractivity contribution in [3.63, 3.8) is 0 Å². The number of anilines is 1. The molecule has 2 aromatic rings. The van der Waals surface area contributed by atoms with Gasteiger partial charge in [-0.05, 0) is 25.9 Å². The average Bonchev–Trinajstić information content (AvgIpc) is 3.13. The third-order valence-corrected chi connectivity index (χ3v) is 4.62. The number of hydrogen-bond acceptors (Lipinski definition) is 6. The molecule has 9 heteroatoms. The van der Waals surface area contributed by atoms with Gasteiger partial charge in [-0.15, -0.1) is 5.10 Å². The zero-order valence-electron chi connectivity index (χ0n) is 13.5. The van der Waals surface area contributed by atoms with E-state index in [1.165, 1.54) is 0 Å². The quantitative estimate of drug-likeness (QED) is 0.865. The maximum atomic E-state index is 12.5. The highest BCUT2D eigenvalue weighted by molar-refractivity contribution is 6.34. The van der Waals surface area contributed by atoms with E-state index in [9.17, 15) is 4.79 Å². The van der Waals surface area contributed by atoms with Gasteiger partial charge >= 0.3 is 0 Å². The van der Waals surface area contributed by atoms with Gasteiger partial charge in [-0.25, -0.2) is 4.68 Å². The topological polar surface area (TPSA) is 90.3 Å². The molecular formula is C16H18ClN5O3. The van der Waals surface area contributed by atoms with Crippen LogP contribution in [0.15, 0.2) is 18.3 Å². The van der Waals surface area contributed by atoms with Crippen molar-refractivity contribution in [2.75, 3.05) is 31.6 Å². The molecule has 0 bridgehead atoms. The molecule has 0 radical (unpaired) electrons. The van der Waals surface area contributed by atoms with Crippen LogP contribution in [0.4, 0.5) is 5.69 Å². The SMILES string of the molecule is O=C(Nc1cc2c(cc1Cl)OCCO2)c1cn(C2CCNCC2)nn1. The molecule has 0 unspecified atom stereocenters. The lowest BCUT2D eigenvalue weighted by molar-refractivity contribution is 0.102. The molecule has 2 N–H and O–H groups in total. The summed E-state index contributed by atoms with van der Waals surface area (Å²) in [7, 11) is 0. The van der Waals surface area contributed by atoms with Crippen molar-refractivity contribution in [2.24, 2.45) is 0 Å². The van der Waals surface area contributed by atoms with E-state index >= 15 is 0 Å². The Balaban J connectivity index is 1.49. The largest absolute Gasteiger partial charge is 0.486 e. The van der Waals surface area contributed by atoms with Crippen molar-refractivity contribution in [1.29, 1.82) is 0 Å². The Morgan fingerprint density at radius 2 is 1.96 bits per heavy atom. The summed E-state index contributed by atoms with van der Waals surface area (Å²) in [6.45, 7) is 2.83. The van der Waals surface area contributed by atoms with Crippen molar-refractivity contribution in [1.82, 2.24) is 20.3 Å². The summed E-state index contributed by atoms with van der Waals surface area (Å²) in [5.74, 6) is 0.772. The van der Waals surface area contributed by atoms with E-state index in [2.05, 4.69) is 20.9 Å². The van der Waals surface area contributed by atoms with Crippen LogP contribution in [0.25, 0.3) is 0 Å². The number of nitrogens with zero attached hydrogens (tertiary/aromatic N) is 3. The molecule has 0 spiro atoms. The number of nitrogens with one attached hydrogen (secondary N) is 2. The fraction of sp³-hybridized carbons (Fsp3) is 0.438. The monoisotopic (exact) mass is 363 g/mol. The number of benzene rings is 1. The number of aromatic nitrogens is 3. The fourth-order valence-electron chi connectivity index (χ4n) is 2.98. The minimum Gasteiger partial charge on any atom is -0.486 e. The standard InChI is InChI=1S/C16H18ClN5O3/c17-11-7-14-15(25-6-5-24-14)8-12(11)19-16(23)13-9-22(21-20-13)10-1-3-18-4-2-10/h7-10,18H,1-6H2,(H,19,23). The van der Waals surface area contributed by atoms with Crippen LogP contribution in [0.1, 0.15) is 29.4 Å². The van der Waals surface area contributed by atoms with Crippen LogP contribution in [0.2, 0.25) is 5.02 Å². The molecule has 25 heavy (non-hydrogen) atoms. The highest BCUT2D eigenvalue weighted by Gasteiger charge is 2.21. The lowest BCUT2D eigenvalue weighted by Gasteiger charge is -2.22. The minimum absolute atomic E-state index is 0.254. The van der Waals surface area contributed by atoms with Gasteiger partial charge in [0.1, 0.15) is 13.2 Å². The number of carbonyl (C=O) groups excluding carboxylic acids is 1. The van der Waals surface area contributed by atoms with Crippen molar-refractivity contribution < 1.29 is 14.3 Å². The summed E-state index contributed by atoms with van der Waals surface area (Å²) < 4.78 is 12.7. The third kappa shape index (κ3) is 3.40. The summed E-state index contributed by atoms with van der Waals surface area (Å²) in [6, 6.07) is 3.57. The second-order valence-corrected chi connectivity index (χ2v) is 6.40. The Morgan fingerprint density at radius 1 is 1.24 bits per heavy atom. The molecule has 2 aliphatic rings. The van der Waals surface area contributed by atoms with Crippen LogP contribution in [0.3, 0.4) is 0 Å². The van der Waals surface area contributed by atoms with Gasteiger partial charge in [0.2, 0.25) is 0 Å². The van der Waals surface area contributed by atoms with Gasteiger partial charge in [0.25, 0.3) is 5.91 Å². The van der Waals surface area contributed by atoms with Gasteiger partial charge in [-0.3, -0.25) is 4.79 Å². The normalized spacial score (nSPS) is 17.3. The first-order valence-electron chi connectivity index (χ1n) is 8.24. The second-order valence-electron chi connectivity index (χ2n) is 5.99. The van der Waals surface area contributed by atoms with Gasteiger partial charge in [-0.2, -0.15) is 0 Å². The number of ether oxygens (including phenoxy) is 2. The predicted molar refractivity (Wildman–Crippen MR) is 91.6 cm³/mol. The van der Waals surface area contributed by atoms with Gasteiger partial charge in [0.05, 0.1) is 22.9 Å². The second kappa shape index (κ2) is 6.89. The maximum absolute atomic E-state index is 12.5. The molecule has 3 heterocycles. The fourth-order valence-corrected chi connectivity index (χ4v) is 3.18. The number of piperidine rings is 1. The first-order chi connectivity index (χ1) is 12.2. The Kier molecular flexibility index (Phi) is 4.46. The third-order valence-electron chi connectivity index (χ3n) is 4.31. The van der Waals surface area contributed by atoms with Crippen molar-refractivity contribution in [3.8, 4) is 11.5 Å². The summed E-state index contributed by atoms with van der Waals surface area (Å²) in [5.41, 5.74) is 0.705. The number of halogens is 1. The number of hydrogen-bond donors (Lipinski definition) is 2. The molecule has 132 valence electrons. The van der Waals surface area contributed by atoms with Crippen LogP contribution < -0.4 is 20.1 Å². The van der Waals surface area contributed by atoms with E-state index in [4.69, 9.17) is 21.1 Å². The minimum atomic E-state index is -0.362. The number of carbonyl (C=O) groups is 1. The lowest BCUT2D eigenvalue weighted by Crippen LogP contribution is -2.29. The van der Waals surface area contributed by atoms with E-state index in [0.717, 1.165) is 25.9 Å². The van der Waals surface area contributed by atoms with E-state index in [1.54, 1.807) is 23.0 Å². The van der Waals surface area contributed by atoms with Crippen molar-refractivity contribution in [2.45, 2.75) is 18.9 Å². The summed E-state index contributed by atoms with van der Waals surface area (Å²) >= 11 is 6.22. The Bertz CT molecular complexity index is 788. The molecule has 8 nitrogen and oxygen atoms in total. The summed E-state index contributed by atoms with van der Waals surface area (Å²) in [6.07, 6.45) is 3.62. The highest BCUT2D eigenvalue weighted by atomic mass is 35.5. The number of rotatable bonds is 3. The van der Waals surface area contributed by atoms with E-state index in [1.807, 2.05) is 0 Å². The van der Waals surface area contributed by atoms with Gasteiger partial charge < -0.3 is 20.1 Å². The molecule has 1 fully saturated rings. The lowest BCUT2D eigenvalue weighted by atomic mass is 10.1. The van der Waals surface area contributed by atoms with E-state index < -0.39 is 0 Å². The van der Waals surface area contributed by atoms with Crippen LogP contribution in [-0.4, -0.2) is 47.2 Å². The van der Waals surface area contributed by atoms with E-state index in [-0.39, 0.29) is 17.6 Å². The van der Waals surface area contributed by atoms with E-state index in [0.29, 0.717) is 35.4 Å². The van der Waals surface area contributed by atoms with Crippen molar-refractivity contribution in [3.05, 3.63) is 29.0 Å². The number of amides is 1. The van der Waals surface area contributed by atoms with Gasteiger partial charge in [0, 0.05) is 12.1 Å². The predicted octanol–water partition coefficient (Wildman–Crippen LogP) is 1.88. The zero-order chi connectivity index (χ0) is 17.2. The Labute approximate surface area is 149 Å². The molecule has 1 saturated heterocycles. The molecular weight excluding hydrogens is 346 g/mol. The van der Waals surface area contributed by atoms with Crippen LogP contribution in [0.5, 0.6) is 11.5 Å². The molecule has 0 atom stereocenters. The van der Waals surface area contributed by atoms with Gasteiger partial charge in [0.15, 0.2) is 17.2 Å². The molecule has 1 aromatic heterocycles. The number of fused-ring (bicyclic) bond motifs is 1. The molecule has 1 aromatic carbocycles. The van der Waals surface area contributed by atoms with Crippen LogP contribution >= 0.6 is 11.6 Å².